The van der Waals surface area contributed by atoms with Crippen molar-refractivity contribution in [1.82, 2.24) is 0 Å². The first-order valence-corrected chi connectivity index (χ1v) is 5.45. The zero-order valence-corrected chi connectivity index (χ0v) is 8.93. The molecule has 1 aromatic rings. The summed E-state index contributed by atoms with van der Waals surface area (Å²) >= 11 is 0. The summed E-state index contributed by atoms with van der Waals surface area (Å²) in [7, 11) is -2.87. The summed E-state index contributed by atoms with van der Waals surface area (Å²) in [5.41, 5.74) is 0.419. The van der Waals surface area contributed by atoms with E-state index >= 15 is 0 Å². The average Bonchev–Trinajstić information content (AvgIpc) is 2.18. The average molecular weight is 227 g/mol. The van der Waals surface area contributed by atoms with Crippen molar-refractivity contribution in [3.63, 3.8) is 0 Å². The quantitative estimate of drug-likeness (QED) is 0.459. The maximum atomic E-state index is 10.6. The van der Waals surface area contributed by atoms with Crippen molar-refractivity contribution < 1.29 is 19.1 Å². The Morgan fingerprint density at radius 3 is 2.53 bits per heavy atom. The number of benzene rings is 1. The molecule has 2 N–H and O–H groups in total. The van der Waals surface area contributed by atoms with Gasteiger partial charge in [-0.15, -0.1) is 11.5 Å². The Hall–Kier alpha value is -1.06. The zero-order valence-electron chi connectivity index (χ0n) is 8.04. The molecule has 80 valence electrons. The molecule has 1 rings (SSSR count). The molecule has 2 unspecified atom stereocenters. The monoisotopic (exact) mass is 227 g/mol. The molecule has 0 aromatic heterocycles. The van der Waals surface area contributed by atoms with Crippen molar-refractivity contribution in [3.8, 4) is 0 Å². The molecule has 0 aliphatic heterocycles. The summed E-state index contributed by atoms with van der Waals surface area (Å²) in [6.45, 7) is 3.46. The van der Waals surface area contributed by atoms with Crippen LogP contribution in [0.3, 0.4) is 0 Å². The Labute approximate surface area is 88.8 Å². The predicted molar refractivity (Wildman–Crippen MR) is 56.1 cm³/mol. The summed E-state index contributed by atoms with van der Waals surface area (Å²) < 4.78 is 15.2. The maximum Gasteiger partial charge on any atom is 0.698 e. The molecule has 0 aliphatic rings. The third kappa shape index (κ3) is 3.22. The van der Waals surface area contributed by atoms with Crippen molar-refractivity contribution in [2.75, 3.05) is 0 Å². The summed E-state index contributed by atoms with van der Waals surface area (Å²) in [5, 5.41) is 10.0. The van der Waals surface area contributed by atoms with Gasteiger partial charge in [-0.05, 0) is 0 Å². The lowest BCUT2D eigenvalue weighted by Crippen LogP contribution is -2.26. The Balaban J connectivity index is 3.00. The molecular formula is C10H12O4P+. The second kappa shape index (κ2) is 5.14. The van der Waals surface area contributed by atoms with Gasteiger partial charge in [0.1, 0.15) is 0 Å². The molecule has 4 nitrogen and oxygen atoms in total. The van der Waals surface area contributed by atoms with Crippen LogP contribution < -0.4 is 0 Å². The minimum Gasteiger partial charge on any atom is -0.358 e. The van der Waals surface area contributed by atoms with Gasteiger partial charge in [0, 0.05) is 16.5 Å². The summed E-state index contributed by atoms with van der Waals surface area (Å²) in [4.78, 5) is 8.67. The Bertz CT molecular complexity index is 352. The summed E-state index contributed by atoms with van der Waals surface area (Å²) in [6.07, 6.45) is 1.46. The maximum absolute atomic E-state index is 10.6. The van der Waals surface area contributed by atoms with Gasteiger partial charge in [0.05, 0.1) is 0 Å². The highest BCUT2D eigenvalue weighted by Crippen LogP contribution is 2.35. The topological polar surface area (TPSA) is 66.8 Å². The van der Waals surface area contributed by atoms with Gasteiger partial charge in [-0.1, -0.05) is 40.9 Å². The summed E-state index contributed by atoms with van der Waals surface area (Å²) in [6, 6.07) is 8.41. The van der Waals surface area contributed by atoms with Crippen LogP contribution in [-0.4, -0.2) is 10.00 Å². The highest BCUT2D eigenvalue weighted by Gasteiger charge is 2.38. The third-order valence-electron chi connectivity index (χ3n) is 1.87. The fraction of sp³-hybridized carbons (Fsp3) is 0.200. The lowest BCUT2D eigenvalue weighted by Gasteiger charge is -2.19. The van der Waals surface area contributed by atoms with Gasteiger partial charge >= 0.3 is 8.25 Å². The second-order valence-corrected chi connectivity index (χ2v) is 3.63. The van der Waals surface area contributed by atoms with E-state index in [1.165, 1.54) is 6.08 Å². The first-order valence-electron chi connectivity index (χ1n) is 4.32. The van der Waals surface area contributed by atoms with Crippen LogP contribution in [0.5, 0.6) is 0 Å². The highest BCUT2D eigenvalue weighted by atomic mass is 31.1. The highest BCUT2D eigenvalue weighted by molar-refractivity contribution is 7.32. The molecule has 2 atom stereocenters. The fourth-order valence-corrected chi connectivity index (χ4v) is 1.67. The molecule has 15 heavy (non-hydrogen) atoms. The van der Waals surface area contributed by atoms with Crippen LogP contribution in [0.15, 0.2) is 43.0 Å². The van der Waals surface area contributed by atoms with Crippen molar-refractivity contribution in [1.29, 1.82) is 0 Å². The molecule has 5 heteroatoms. The van der Waals surface area contributed by atoms with Gasteiger partial charge in [-0.3, -0.25) is 0 Å². The molecule has 0 spiro atoms. The van der Waals surface area contributed by atoms with Crippen molar-refractivity contribution in [2.24, 2.45) is 0 Å². The van der Waals surface area contributed by atoms with E-state index in [0.717, 1.165) is 0 Å². The van der Waals surface area contributed by atoms with E-state index in [4.69, 9.17) is 4.89 Å². The lowest BCUT2D eigenvalue weighted by molar-refractivity contribution is -0.143. The van der Waals surface area contributed by atoms with Crippen LogP contribution in [0.2, 0.25) is 0 Å². The number of hydrogen-bond acceptors (Lipinski definition) is 3. The van der Waals surface area contributed by atoms with Crippen LogP contribution in [0, 0.1) is 0 Å². The van der Waals surface area contributed by atoms with Gasteiger partial charge in [0.25, 0.3) is 5.79 Å². The minimum atomic E-state index is -2.87. The molecule has 1 aromatic carbocycles. The SMILES string of the molecule is C=CCC(O)(O[P+](=O)O)c1ccccc1. The van der Waals surface area contributed by atoms with Crippen LogP contribution in [0.1, 0.15) is 12.0 Å². The van der Waals surface area contributed by atoms with Gasteiger partial charge in [0.15, 0.2) is 0 Å². The molecule has 0 saturated heterocycles. The molecule has 0 heterocycles. The Morgan fingerprint density at radius 2 is 2.07 bits per heavy atom. The molecule has 0 saturated carbocycles. The lowest BCUT2D eigenvalue weighted by atomic mass is 10.0. The van der Waals surface area contributed by atoms with Crippen LogP contribution in [0.25, 0.3) is 0 Å². The van der Waals surface area contributed by atoms with Crippen LogP contribution >= 0.6 is 8.25 Å². The van der Waals surface area contributed by atoms with Gasteiger partial charge < -0.3 is 5.11 Å². The van der Waals surface area contributed by atoms with Gasteiger partial charge in [-0.25, -0.2) is 0 Å². The number of aliphatic hydroxyl groups is 1. The Kier molecular flexibility index (Phi) is 4.12. The molecule has 0 amide bonds. The smallest absolute Gasteiger partial charge is 0.358 e. The van der Waals surface area contributed by atoms with Crippen molar-refractivity contribution in [3.05, 3.63) is 48.6 Å². The van der Waals surface area contributed by atoms with E-state index in [0.29, 0.717) is 5.56 Å². The molecule has 0 aliphatic carbocycles. The number of rotatable bonds is 5. The van der Waals surface area contributed by atoms with E-state index in [9.17, 15) is 9.67 Å². The molecular weight excluding hydrogens is 215 g/mol. The van der Waals surface area contributed by atoms with Crippen LogP contribution in [0.4, 0.5) is 0 Å². The predicted octanol–water partition coefficient (Wildman–Crippen LogP) is 2.07. The Morgan fingerprint density at radius 1 is 1.47 bits per heavy atom. The number of hydrogen-bond donors (Lipinski definition) is 2. The van der Waals surface area contributed by atoms with E-state index in [1.807, 2.05) is 0 Å². The van der Waals surface area contributed by atoms with Crippen molar-refractivity contribution in [2.45, 2.75) is 12.2 Å². The van der Waals surface area contributed by atoms with E-state index < -0.39 is 14.0 Å². The first-order chi connectivity index (χ1) is 7.08. The van der Waals surface area contributed by atoms with Crippen LogP contribution in [-0.2, 0) is 14.9 Å². The van der Waals surface area contributed by atoms with E-state index in [-0.39, 0.29) is 6.42 Å². The van der Waals surface area contributed by atoms with E-state index in [2.05, 4.69) is 11.1 Å². The molecule has 0 radical (unpaired) electrons. The standard InChI is InChI=1S/C10H11O4P/c1-2-8-10(11,14-15(12)13)9-6-4-3-5-7-9/h2-7,11H,1,8H2/p+1. The first kappa shape index (κ1) is 12.0. The fourth-order valence-electron chi connectivity index (χ4n) is 1.23. The minimum absolute atomic E-state index is 0.0403. The third-order valence-corrected chi connectivity index (χ3v) is 2.33. The zero-order chi connectivity index (χ0) is 11.3. The largest absolute Gasteiger partial charge is 0.698 e. The van der Waals surface area contributed by atoms with E-state index in [1.54, 1.807) is 30.3 Å². The second-order valence-electron chi connectivity index (χ2n) is 2.97. The molecule has 0 bridgehead atoms. The van der Waals surface area contributed by atoms with Crippen molar-refractivity contribution >= 4 is 8.25 Å². The van der Waals surface area contributed by atoms with Gasteiger partial charge in [-0.2, -0.15) is 0 Å². The summed E-state index contributed by atoms with van der Waals surface area (Å²) in [5.74, 6) is -1.79. The molecule has 0 fully saturated rings. The van der Waals surface area contributed by atoms with Gasteiger partial charge in [0.2, 0.25) is 0 Å². The normalized spacial score (nSPS) is 15.5.